The van der Waals surface area contributed by atoms with Gasteiger partial charge < -0.3 is 20.7 Å². The SMILES string of the molecule is NC1CCC(=C2CC[C@]34COC(C3)[C@@](O)(C(=O)O)CC[C@@H]24)CC1. The van der Waals surface area contributed by atoms with Gasteiger partial charge in [0.2, 0.25) is 0 Å². The Labute approximate surface area is 136 Å². The van der Waals surface area contributed by atoms with Crippen LogP contribution in [-0.2, 0) is 9.53 Å². The molecule has 0 aromatic carbocycles. The maximum Gasteiger partial charge on any atom is 0.338 e. The summed E-state index contributed by atoms with van der Waals surface area (Å²) in [6.45, 7) is 0.605. The molecule has 0 amide bonds. The molecule has 4 aliphatic rings. The van der Waals surface area contributed by atoms with E-state index in [-0.39, 0.29) is 5.41 Å². The molecular formula is C18H27NO4. The molecule has 1 saturated heterocycles. The maximum atomic E-state index is 11.6. The Morgan fingerprint density at radius 1 is 1.17 bits per heavy atom. The molecule has 4 atom stereocenters. The van der Waals surface area contributed by atoms with Crippen LogP contribution in [0.25, 0.3) is 0 Å². The smallest absolute Gasteiger partial charge is 0.338 e. The first-order valence-corrected chi connectivity index (χ1v) is 8.98. The summed E-state index contributed by atoms with van der Waals surface area (Å²) in [6, 6.07) is 0.333. The molecule has 4 fully saturated rings. The third kappa shape index (κ3) is 2.28. The van der Waals surface area contributed by atoms with Crippen molar-refractivity contribution in [3.63, 3.8) is 0 Å². The van der Waals surface area contributed by atoms with Crippen molar-refractivity contribution < 1.29 is 19.7 Å². The van der Waals surface area contributed by atoms with Crippen LogP contribution in [0.3, 0.4) is 0 Å². The van der Waals surface area contributed by atoms with Crippen molar-refractivity contribution >= 4 is 5.97 Å². The molecule has 5 heteroatoms. The molecule has 5 nitrogen and oxygen atoms in total. The van der Waals surface area contributed by atoms with Gasteiger partial charge in [-0.3, -0.25) is 0 Å². The van der Waals surface area contributed by atoms with Crippen LogP contribution in [0.2, 0.25) is 0 Å². The molecule has 4 rings (SSSR count). The maximum absolute atomic E-state index is 11.6. The van der Waals surface area contributed by atoms with Gasteiger partial charge in [0.25, 0.3) is 0 Å². The number of aliphatic hydroxyl groups is 1. The summed E-state index contributed by atoms with van der Waals surface area (Å²) in [4.78, 5) is 11.6. The van der Waals surface area contributed by atoms with Crippen LogP contribution < -0.4 is 5.73 Å². The second-order valence-electron chi connectivity index (χ2n) is 8.15. The minimum absolute atomic E-state index is 0.0620. The lowest BCUT2D eigenvalue weighted by Gasteiger charge is -2.32. The van der Waals surface area contributed by atoms with Crippen molar-refractivity contribution in [2.45, 2.75) is 75.5 Å². The molecule has 0 aromatic rings. The number of fused-ring (bicyclic) bond motifs is 1. The molecule has 1 unspecified atom stereocenters. The van der Waals surface area contributed by atoms with Crippen LogP contribution in [0.1, 0.15) is 57.8 Å². The second-order valence-corrected chi connectivity index (χ2v) is 8.15. The molecule has 128 valence electrons. The Kier molecular flexibility index (Phi) is 3.59. The fourth-order valence-corrected chi connectivity index (χ4v) is 5.56. The first-order valence-electron chi connectivity index (χ1n) is 8.98. The van der Waals surface area contributed by atoms with E-state index in [4.69, 9.17) is 10.5 Å². The number of ether oxygens (including phenoxy) is 1. The molecule has 23 heavy (non-hydrogen) atoms. The normalized spacial score (nSPS) is 46.6. The van der Waals surface area contributed by atoms with Gasteiger partial charge in [-0.2, -0.15) is 0 Å². The quantitative estimate of drug-likeness (QED) is 0.642. The summed E-state index contributed by atoms with van der Waals surface area (Å²) in [5.41, 5.74) is 7.51. The molecular weight excluding hydrogens is 294 g/mol. The van der Waals surface area contributed by atoms with Gasteiger partial charge >= 0.3 is 5.97 Å². The first-order chi connectivity index (χ1) is 10.9. The number of nitrogens with two attached hydrogens (primary N) is 1. The summed E-state index contributed by atoms with van der Waals surface area (Å²) in [5.74, 6) is -0.734. The second kappa shape index (κ2) is 5.30. The van der Waals surface area contributed by atoms with Crippen molar-refractivity contribution in [1.29, 1.82) is 0 Å². The highest BCUT2D eigenvalue weighted by Gasteiger charge is 2.60. The van der Waals surface area contributed by atoms with Gasteiger partial charge in [-0.15, -0.1) is 0 Å². The number of rotatable bonds is 1. The van der Waals surface area contributed by atoms with Crippen LogP contribution in [-0.4, -0.2) is 40.5 Å². The predicted molar refractivity (Wildman–Crippen MR) is 84.8 cm³/mol. The lowest BCUT2D eigenvalue weighted by Crippen LogP contribution is -2.49. The number of carboxylic acid groups (broad SMARTS) is 1. The molecule has 1 aliphatic heterocycles. The molecule has 3 aliphatic carbocycles. The van der Waals surface area contributed by atoms with E-state index in [9.17, 15) is 15.0 Å². The van der Waals surface area contributed by atoms with Gasteiger partial charge in [0.05, 0.1) is 12.7 Å². The average Bonchev–Trinajstić information content (AvgIpc) is 3.08. The molecule has 0 radical (unpaired) electrons. The van der Waals surface area contributed by atoms with Gasteiger partial charge in [-0.05, 0) is 63.7 Å². The fourth-order valence-electron chi connectivity index (χ4n) is 5.56. The zero-order valence-electron chi connectivity index (χ0n) is 13.6. The molecule has 1 spiro atoms. The Bertz CT molecular complexity index is 549. The molecule has 3 saturated carbocycles. The van der Waals surface area contributed by atoms with Crippen molar-refractivity contribution in [3.05, 3.63) is 11.1 Å². The third-order valence-corrected chi connectivity index (χ3v) is 7.02. The number of aliphatic carboxylic acids is 1. The molecule has 4 N–H and O–H groups in total. The third-order valence-electron chi connectivity index (χ3n) is 7.02. The van der Waals surface area contributed by atoms with Crippen molar-refractivity contribution in [2.75, 3.05) is 6.61 Å². The largest absolute Gasteiger partial charge is 0.479 e. The van der Waals surface area contributed by atoms with Gasteiger partial charge in [0.15, 0.2) is 5.60 Å². The zero-order valence-corrected chi connectivity index (χ0v) is 13.6. The van der Waals surface area contributed by atoms with Crippen LogP contribution >= 0.6 is 0 Å². The summed E-state index contributed by atoms with van der Waals surface area (Å²) in [5, 5.41) is 20.1. The minimum Gasteiger partial charge on any atom is -0.479 e. The van der Waals surface area contributed by atoms with Crippen molar-refractivity contribution in [3.8, 4) is 0 Å². The topological polar surface area (TPSA) is 92.8 Å². The standard InChI is InChI=1S/C18H27NO4/c19-12-3-1-11(2-4-12)13-5-7-17-9-15(23-10-17)18(22,16(20)21)8-6-14(13)17/h12,14-15,22H,1-10,19H2,(H,20,21)/t12?,14-,15?,17+,18+/m0/s1. The van der Waals surface area contributed by atoms with Gasteiger partial charge in [0.1, 0.15) is 0 Å². The van der Waals surface area contributed by atoms with Crippen LogP contribution in [0.5, 0.6) is 0 Å². The average molecular weight is 321 g/mol. The lowest BCUT2D eigenvalue weighted by molar-refractivity contribution is -0.174. The van der Waals surface area contributed by atoms with Crippen molar-refractivity contribution in [2.24, 2.45) is 17.1 Å². The summed E-state index contributed by atoms with van der Waals surface area (Å²) < 4.78 is 5.82. The number of allylic oxidation sites excluding steroid dienone is 2. The lowest BCUT2D eigenvalue weighted by atomic mass is 9.73. The highest BCUT2D eigenvalue weighted by Crippen LogP contribution is 2.60. The van der Waals surface area contributed by atoms with Gasteiger partial charge in [0, 0.05) is 11.5 Å². The Hall–Kier alpha value is -0.910. The monoisotopic (exact) mass is 321 g/mol. The summed E-state index contributed by atoms with van der Waals surface area (Å²) in [6.07, 6.45) is 7.74. The van der Waals surface area contributed by atoms with Gasteiger partial charge in [-0.25, -0.2) is 4.79 Å². The number of carbonyl (C=O) groups is 1. The van der Waals surface area contributed by atoms with Crippen LogP contribution in [0.4, 0.5) is 0 Å². The van der Waals surface area contributed by atoms with E-state index in [0.717, 1.165) is 44.9 Å². The number of hydrogen-bond donors (Lipinski definition) is 3. The first kappa shape index (κ1) is 15.6. The predicted octanol–water partition coefficient (Wildman–Crippen LogP) is 1.98. The Morgan fingerprint density at radius 3 is 2.61 bits per heavy atom. The van der Waals surface area contributed by atoms with Crippen LogP contribution in [0.15, 0.2) is 11.1 Å². The summed E-state index contributed by atoms with van der Waals surface area (Å²) in [7, 11) is 0. The van der Waals surface area contributed by atoms with E-state index in [2.05, 4.69) is 0 Å². The summed E-state index contributed by atoms with van der Waals surface area (Å²) >= 11 is 0. The highest BCUT2D eigenvalue weighted by atomic mass is 16.5. The number of carboxylic acids is 1. The highest BCUT2D eigenvalue weighted by molar-refractivity contribution is 5.78. The van der Waals surface area contributed by atoms with Gasteiger partial charge in [-0.1, -0.05) is 11.1 Å². The van der Waals surface area contributed by atoms with Crippen molar-refractivity contribution in [1.82, 2.24) is 0 Å². The zero-order chi connectivity index (χ0) is 16.2. The number of hydrogen-bond acceptors (Lipinski definition) is 4. The van der Waals surface area contributed by atoms with Crippen LogP contribution in [0, 0.1) is 11.3 Å². The molecule has 1 heterocycles. The van der Waals surface area contributed by atoms with E-state index in [1.54, 1.807) is 11.1 Å². The fraction of sp³-hybridized carbons (Fsp3) is 0.833. The van der Waals surface area contributed by atoms with E-state index in [1.165, 1.54) is 0 Å². The Balaban J connectivity index is 1.65. The van der Waals surface area contributed by atoms with E-state index >= 15 is 0 Å². The molecule has 0 aromatic heterocycles. The minimum atomic E-state index is -1.71. The van der Waals surface area contributed by atoms with E-state index < -0.39 is 17.7 Å². The van der Waals surface area contributed by atoms with E-state index in [1.807, 2.05) is 0 Å². The van der Waals surface area contributed by atoms with E-state index in [0.29, 0.717) is 31.4 Å². The molecule has 2 bridgehead atoms. The Morgan fingerprint density at radius 2 is 1.91 bits per heavy atom.